The van der Waals surface area contributed by atoms with Gasteiger partial charge in [-0.2, -0.15) is 0 Å². The number of pyridine rings is 1. The second-order valence-corrected chi connectivity index (χ2v) is 4.51. The minimum atomic E-state index is -1.02. The van der Waals surface area contributed by atoms with Gasteiger partial charge >= 0.3 is 0 Å². The van der Waals surface area contributed by atoms with E-state index in [-0.39, 0.29) is 19.1 Å². The summed E-state index contributed by atoms with van der Waals surface area (Å²) in [6.45, 7) is 0.885. The van der Waals surface area contributed by atoms with Gasteiger partial charge in [-0.15, -0.1) is 0 Å². The monoisotopic (exact) mass is 288 g/mol. The average molecular weight is 289 g/mol. The first kappa shape index (κ1) is 13.1. The van der Waals surface area contributed by atoms with E-state index in [2.05, 4.69) is 26.2 Å². The number of carbonyl (C=O) groups is 1. The van der Waals surface area contributed by atoms with Gasteiger partial charge in [0, 0.05) is 6.20 Å². The first-order chi connectivity index (χ1) is 7.50. The molecule has 0 radical (unpaired) electrons. The molecule has 88 valence electrons. The molecule has 1 amide bonds. The smallest absolute Gasteiger partial charge is 0.253 e. The summed E-state index contributed by atoms with van der Waals surface area (Å²) >= 11 is 3.16. The number of carbonyl (C=O) groups excluding carboxylic acids is 1. The van der Waals surface area contributed by atoms with E-state index >= 15 is 0 Å². The van der Waals surface area contributed by atoms with Gasteiger partial charge in [-0.1, -0.05) is 0 Å². The Morgan fingerprint density at radius 3 is 2.56 bits per heavy atom. The molecule has 0 fully saturated rings. The van der Waals surface area contributed by atoms with Gasteiger partial charge in [0.1, 0.15) is 4.60 Å². The van der Waals surface area contributed by atoms with Gasteiger partial charge in [0.05, 0.1) is 24.3 Å². The molecular formula is C10H13BrN2O3. The zero-order valence-electron chi connectivity index (χ0n) is 8.77. The van der Waals surface area contributed by atoms with Crippen molar-refractivity contribution in [3.8, 4) is 0 Å². The number of hydrogen-bond acceptors (Lipinski definition) is 4. The topological polar surface area (TPSA) is 82.5 Å². The number of hydrogen-bond donors (Lipinski definition) is 3. The van der Waals surface area contributed by atoms with E-state index in [1.807, 2.05) is 0 Å². The molecule has 0 aliphatic heterocycles. The number of aromatic nitrogens is 1. The fourth-order valence-electron chi connectivity index (χ4n) is 0.985. The van der Waals surface area contributed by atoms with Gasteiger partial charge in [-0.05, 0) is 35.0 Å². The highest BCUT2D eigenvalue weighted by atomic mass is 79.9. The van der Waals surface area contributed by atoms with E-state index in [9.17, 15) is 4.79 Å². The highest BCUT2D eigenvalue weighted by Gasteiger charge is 2.25. The molecule has 0 saturated carbocycles. The van der Waals surface area contributed by atoms with Crippen molar-refractivity contribution in [2.24, 2.45) is 0 Å². The Bertz CT molecular complexity index is 363. The van der Waals surface area contributed by atoms with Gasteiger partial charge in [0.2, 0.25) is 0 Å². The predicted octanol–water partition coefficient (Wildman–Crippen LogP) is 0.317. The van der Waals surface area contributed by atoms with Crippen LogP contribution in [0.25, 0.3) is 0 Å². The fraction of sp³-hybridized carbons (Fsp3) is 0.400. The summed E-state index contributed by atoms with van der Waals surface area (Å²) in [5.74, 6) is -0.384. The van der Waals surface area contributed by atoms with Crippen LogP contribution in [0.4, 0.5) is 0 Å². The number of rotatable bonds is 4. The van der Waals surface area contributed by atoms with Crippen molar-refractivity contribution in [2.45, 2.75) is 12.5 Å². The van der Waals surface area contributed by atoms with Crippen molar-refractivity contribution >= 4 is 21.8 Å². The Morgan fingerprint density at radius 2 is 2.12 bits per heavy atom. The van der Waals surface area contributed by atoms with Crippen molar-refractivity contribution < 1.29 is 15.0 Å². The maximum absolute atomic E-state index is 11.7. The van der Waals surface area contributed by atoms with Crippen molar-refractivity contribution in [3.05, 3.63) is 28.5 Å². The SMILES string of the molecule is CC(CO)(CO)NC(=O)c1ccc(Br)nc1. The lowest BCUT2D eigenvalue weighted by atomic mass is 10.0. The molecule has 0 saturated heterocycles. The number of nitrogens with one attached hydrogen (secondary N) is 1. The van der Waals surface area contributed by atoms with E-state index < -0.39 is 5.54 Å². The Hall–Kier alpha value is -0.980. The number of amides is 1. The second-order valence-electron chi connectivity index (χ2n) is 3.70. The van der Waals surface area contributed by atoms with Crippen LogP contribution < -0.4 is 5.32 Å². The molecule has 0 aromatic carbocycles. The van der Waals surface area contributed by atoms with E-state index in [1.165, 1.54) is 6.20 Å². The zero-order chi connectivity index (χ0) is 12.2. The van der Waals surface area contributed by atoms with E-state index in [0.717, 1.165) is 0 Å². The molecule has 0 atom stereocenters. The van der Waals surface area contributed by atoms with Crippen LogP contribution in [-0.4, -0.2) is 39.9 Å². The van der Waals surface area contributed by atoms with Gasteiger partial charge < -0.3 is 15.5 Å². The van der Waals surface area contributed by atoms with Gasteiger partial charge in [0.15, 0.2) is 0 Å². The maximum atomic E-state index is 11.7. The Balaban J connectivity index is 2.76. The third-order valence-corrected chi connectivity index (χ3v) is 2.57. The lowest BCUT2D eigenvalue weighted by Gasteiger charge is -2.26. The molecule has 0 bridgehead atoms. The molecule has 0 aliphatic rings. The largest absolute Gasteiger partial charge is 0.394 e. The summed E-state index contributed by atoms with van der Waals surface area (Å²) in [5.41, 5.74) is -0.652. The van der Waals surface area contributed by atoms with Crippen LogP contribution in [0.3, 0.4) is 0 Å². The van der Waals surface area contributed by atoms with E-state index in [4.69, 9.17) is 10.2 Å². The van der Waals surface area contributed by atoms with Crippen LogP contribution in [-0.2, 0) is 0 Å². The zero-order valence-corrected chi connectivity index (χ0v) is 10.4. The predicted molar refractivity (Wildman–Crippen MR) is 62.0 cm³/mol. The fourth-order valence-corrected chi connectivity index (χ4v) is 1.22. The van der Waals surface area contributed by atoms with Crippen molar-refractivity contribution in [1.82, 2.24) is 10.3 Å². The molecule has 1 aromatic heterocycles. The lowest BCUT2D eigenvalue weighted by molar-refractivity contribution is 0.0723. The lowest BCUT2D eigenvalue weighted by Crippen LogP contribution is -2.51. The van der Waals surface area contributed by atoms with Crippen molar-refractivity contribution in [1.29, 1.82) is 0 Å². The van der Waals surface area contributed by atoms with Crippen LogP contribution >= 0.6 is 15.9 Å². The summed E-state index contributed by atoms with van der Waals surface area (Å²) < 4.78 is 0.635. The van der Waals surface area contributed by atoms with Crippen LogP contribution in [0.15, 0.2) is 22.9 Å². The molecule has 1 aromatic rings. The van der Waals surface area contributed by atoms with Crippen LogP contribution in [0.1, 0.15) is 17.3 Å². The molecule has 0 unspecified atom stereocenters. The molecular weight excluding hydrogens is 276 g/mol. The molecule has 16 heavy (non-hydrogen) atoms. The standard InChI is InChI=1S/C10H13BrN2O3/c1-10(5-14,6-15)13-9(16)7-2-3-8(11)12-4-7/h2-4,14-15H,5-6H2,1H3,(H,13,16). The summed E-state index contributed by atoms with van der Waals surface area (Å²) in [6, 6.07) is 3.24. The molecule has 3 N–H and O–H groups in total. The van der Waals surface area contributed by atoms with Gasteiger partial charge in [-0.3, -0.25) is 4.79 Å². The minimum Gasteiger partial charge on any atom is -0.394 e. The Morgan fingerprint density at radius 1 is 1.50 bits per heavy atom. The van der Waals surface area contributed by atoms with E-state index in [0.29, 0.717) is 10.2 Å². The normalized spacial score (nSPS) is 11.2. The summed E-state index contributed by atoms with van der Waals surface area (Å²) in [5, 5.41) is 20.6. The molecule has 1 rings (SSSR count). The van der Waals surface area contributed by atoms with Crippen LogP contribution in [0.2, 0.25) is 0 Å². The number of nitrogens with zero attached hydrogens (tertiary/aromatic N) is 1. The quantitative estimate of drug-likeness (QED) is 0.697. The van der Waals surface area contributed by atoms with Crippen molar-refractivity contribution in [2.75, 3.05) is 13.2 Å². The van der Waals surface area contributed by atoms with Gasteiger partial charge in [-0.25, -0.2) is 4.98 Å². The molecule has 0 spiro atoms. The maximum Gasteiger partial charge on any atom is 0.253 e. The summed E-state index contributed by atoms with van der Waals surface area (Å²) in [4.78, 5) is 15.6. The molecule has 5 nitrogen and oxygen atoms in total. The first-order valence-corrected chi connectivity index (χ1v) is 5.46. The number of aliphatic hydroxyl groups excluding tert-OH is 2. The van der Waals surface area contributed by atoms with Crippen molar-refractivity contribution in [3.63, 3.8) is 0 Å². The van der Waals surface area contributed by atoms with Crippen LogP contribution in [0, 0.1) is 0 Å². The van der Waals surface area contributed by atoms with Gasteiger partial charge in [0.25, 0.3) is 5.91 Å². The average Bonchev–Trinajstić information content (AvgIpc) is 2.29. The third-order valence-electron chi connectivity index (χ3n) is 2.10. The third kappa shape index (κ3) is 3.26. The first-order valence-electron chi connectivity index (χ1n) is 4.66. The minimum absolute atomic E-state index is 0.334. The number of halogens is 1. The molecule has 6 heteroatoms. The highest BCUT2D eigenvalue weighted by Crippen LogP contribution is 2.08. The second kappa shape index (κ2) is 5.38. The van der Waals surface area contributed by atoms with E-state index in [1.54, 1.807) is 19.1 Å². The Labute approximate surface area is 102 Å². The highest BCUT2D eigenvalue weighted by molar-refractivity contribution is 9.10. The summed E-state index contributed by atoms with van der Waals surface area (Å²) in [7, 11) is 0. The summed E-state index contributed by atoms with van der Waals surface area (Å²) in [6.07, 6.45) is 1.41. The Kier molecular flexibility index (Phi) is 4.40. The van der Waals surface area contributed by atoms with Crippen LogP contribution in [0.5, 0.6) is 0 Å². The molecule has 0 aliphatic carbocycles. The number of aliphatic hydroxyl groups is 2. The molecule has 1 heterocycles.